The van der Waals surface area contributed by atoms with Crippen LogP contribution in [0, 0.1) is 17.2 Å². The van der Waals surface area contributed by atoms with Gasteiger partial charge >= 0.3 is 0 Å². The van der Waals surface area contributed by atoms with E-state index in [0.717, 1.165) is 0 Å². The molecule has 0 saturated carbocycles. The summed E-state index contributed by atoms with van der Waals surface area (Å²) in [5.74, 6) is -1.29. The van der Waals surface area contributed by atoms with Gasteiger partial charge in [-0.25, -0.2) is 8.42 Å². The van der Waals surface area contributed by atoms with Gasteiger partial charge in [0.2, 0.25) is 15.9 Å². The fourth-order valence-electron chi connectivity index (χ4n) is 2.22. The zero-order valence-corrected chi connectivity index (χ0v) is 14.1. The summed E-state index contributed by atoms with van der Waals surface area (Å²) in [5, 5.41) is 12.1. The number of carbonyl (C=O) groups is 1. The highest BCUT2D eigenvalue weighted by Gasteiger charge is 2.25. The van der Waals surface area contributed by atoms with Crippen LogP contribution in [0.4, 0.5) is 0 Å². The Morgan fingerprint density at radius 3 is 2.82 bits per heavy atom. The van der Waals surface area contributed by atoms with Crippen molar-refractivity contribution in [2.75, 3.05) is 13.1 Å². The SMILES string of the molecule is N#Cc1cc(Br)cnc1CS(=O)(=O)NC(=O)C1CCNCC1. The molecule has 0 bridgehead atoms. The first-order valence-corrected chi connectivity index (χ1v) is 9.15. The number of carbonyl (C=O) groups excluding carboxylic acids is 1. The maximum absolute atomic E-state index is 12.1. The number of piperidine rings is 1. The predicted octanol–water partition coefficient (Wildman–Crippen LogP) is 0.661. The maximum Gasteiger partial charge on any atom is 0.240 e. The number of sulfonamides is 1. The van der Waals surface area contributed by atoms with Gasteiger partial charge in [0.1, 0.15) is 11.8 Å². The number of aromatic nitrogens is 1. The van der Waals surface area contributed by atoms with Gasteiger partial charge in [-0.1, -0.05) is 0 Å². The van der Waals surface area contributed by atoms with Gasteiger partial charge in [0.25, 0.3) is 0 Å². The highest BCUT2D eigenvalue weighted by atomic mass is 79.9. The molecule has 1 aromatic heterocycles. The lowest BCUT2D eigenvalue weighted by molar-refractivity contribution is -0.123. The molecule has 1 aliphatic heterocycles. The van der Waals surface area contributed by atoms with E-state index in [2.05, 4.69) is 31.0 Å². The highest BCUT2D eigenvalue weighted by Crippen LogP contribution is 2.16. The minimum absolute atomic E-state index is 0.122. The number of nitriles is 1. The smallest absolute Gasteiger partial charge is 0.240 e. The monoisotopic (exact) mass is 386 g/mol. The van der Waals surface area contributed by atoms with Crippen molar-refractivity contribution in [3.63, 3.8) is 0 Å². The van der Waals surface area contributed by atoms with Crippen molar-refractivity contribution in [1.82, 2.24) is 15.0 Å². The summed E-state index contributed by atoms with van der Waals surface area (Å²) in [5.41, 5.74) is 0.283. The van der Waals surface area contributed by atoms with Crippen LogP contribution in [-0.4, -0.2) is 32.4 Å². The van der Waals surface area contributed by atoms with Crippen molar-refractivity contribution in [2.24, 2.45) is 5.92 Å². The highest BCUT2D eigenvalue weighted by molar-refractivity contribution is 9.10. The minimum atomic E-state index is -3.88. The average Bonchev–Trinajstić information content (AvgIpc) is 2.49. The Labute approximate surface area is 137 Å². The summed E-state index contributed by atoms with van der Waals surface area (Å²) >= 11 is 3.17. The third-order valence-corrected chi connectivity index (χ3v) is 4.95. The number of pyridine rings is 1. The third-order valence-electron chi connectivity index (χ3n) is 3.35. The number of nitrogens with zero attached hydrogens (tertiary/aromatic N) is 2. The van der Waals surface area contributed by atoms with Gasteiger partial charge in [0, 0.05) is 16.6 Å². The van der Waals surface area contributed by atoms with Crippen LogP contribution in [0.15, 0.2) is 16.7 Å². The summed E-state index contributed by atoms with van der Waals surface area (Å²) in [6.45, 7) is 1.40. The molecule has 0 aromatic carbocycles. The van der Waals surface area contributed by atoms with E-state index in [-0.39, 0.29) is 17.2 Å². The summed E-state index contributed by atoms with van der Waals surface area (Å²) in [4.78, 5) is 15.9. The Hall–Kier alpha value is -1.50. The quantitative estimate of drug-likeness (QED) is 0.785. The molecule has 1 aromatic rings. The van der Waals surface area contributed by atoms with Gasteiger partial charge in [-0.05, 0) is 47.9 Å². The molecule has 1 fully saturated rings. The molecule has 1 aliphatic rings. The first kappa shape index (κ1) is 16.9. The second-order valence-electron chi connectivity index (χ2n) is 5.01. The van der Waals surface area contributed by atoms with Crippen molar-refractivity contribution < 1.29 is 13.2 Å². The standard InChI is InChI=1S/C13H15BrN4O3S/c14-11-5-10(6-15)12(17-7-11)8-22(20,21)18-13(19)9-1-3-16-4-2-9/h5,7,9,16H,1-4,8H2,(H,18,19). The minimum Gasteiger partial charge on any atom is -0.317 e. The van der Waals surface area contributed by atoms with E-state index in [9.17, 15) is 13.2 Å². The summed E-state index contributed by atoms with van der Waals surface area (Å²) in [6, 6.07) is 3.39. The number of hydrogen-bond acceptors (Lipinski definition) is 6. The number of rotatable bonds is 4. The normalized spacial score (nSPS) is 16.0. The van der Waals surface area contributed by atoms with Crippen molar-refractivity contribution in [3.8, 4) is 6.07 Å². The van der Waals surface area contributed by atoms with E-state index in [1.54, 1.807) is 0 Å². The molecular weight excluding hydrogens is 372 g/mol. The largest absolute Gasteiger partial charge is 0.317 e. The van der Waals surface area contributed by atoms with Crippen LogP contribution < -0.4 is 10.0 Å². The van der Waals surface area contributed by atoms with E-state index in [1.807, 2.05) is 6.07 Å². The van der Waals surface area contributed by atoms with Crippen LogP contribution in [0.3, 0.4) is 0 Å². The Morgan fingerprint density at radius 2 is 2.18 bits per heavy atom. The maximum atomic E-state index is 12.1. The molecule has 118 valence electrons. The second kappa shape index (κ2) is 7.17. The van der Waals surface area contributed by atoms with Crippen LogP contribution in [0.1, 0.15) is 24.1 Å². The molecule has 22 heavy (non-hydrogen) atoms. The van der Waals surface area contributed by atoms with E-state index in [1.165, 1.54) is 12.3 Å². The van der Waals surface area contributed by atoms with Crippen molar-refractivity contribution in [3.05, 3.63) is 28.0 Å². The zero-order valence-electron chi connectivity index (χ0n) is 11.7. The van der Waals surface area contributed by atoms with E-state index >= 15 is 0 Å². The number of hydrogen-bond donors (Lipinski definition) is 2. The summed E-state index contributed by atoms with van der Waals surface area (Å²) in [7, 11) is -3.88. The lowest BCUT2D eigenvalue weighted by Crippen LogP contribution is -2.41. The lowest BCUT2D eigenvalue weighted by Gasteiger charge is -2.21. The topological polar surface area (TPSA) is 112 Å². The Kier molecular flexibility index (Phi) is 5.50. The zero-order chi connectivity index (χ0) is 16.2. The molecule has 1 amide bonds. The van der Waals surface area contributed by atoms with Gasteiger partial charge < -0.3 is 5.32 Å². The Bertz CT molecular complexity index is 708. The molecule has 9 heteroatoms. The number of nitrogens with one attached hydrogen (secondary N) is 2. The molecule has 0 spiro atoms. The van der Waals surface area contributed by atoms with Gasteiger partial charge in [-0.3, -0.25) is 14.5 Å². The number of amides is 1. The molecule has 1 saturated heterocycles. The van der Waals surface area contributed by atoms with Crippen LogP contribution in [-0.2, 0) is 20.6 Å². The molecule has 7 nitrogen and oxygen atoms in total. The molecule has 2 heterocycles. The van der Waals surface area contributed by atoms with E-state index in [0.29, 0.717) is 30.4 Å². The van der Waals surface area contributed by atoms with Gasteiger partial charge in [0.05, 0.1) is 11.3 Å². The van der Waals surface area contributed by atoms with Crippen LogP contribution in [0.2, 0.25) is 0 Å². The molecular formula is C13H15BrN4O3S. The van der Waals surface area contributed by atoms with Crippen molar-refractivity contribution in [2.45, 2.75) is 18.6 Å². The molecule has 0 aliphatic carbocycles. The van der Waals surface area contributed by atoms with E-state index in [4.69, 9.17) is 5.26 Å². The van der Waals surface area contributed by atoms with Gasteiger partial charge in [-0.2, -0.15) is 5.26 Å². The van der Waals surface area contributed by atoms with Crippen LogP contribution in [0.25, 0.3) is 0 Å². The van der Waals surface area contributed by atoms with Crippen molar-refractivity contribution >= 4 is 31.9 Å². The van der Waals surface area contributed by atoms with Gasteiger partial charge in [-0.15, -0.1) is 0 Å². The first-order valence-electron chi connectivity index (χ1n) is 6.71. The summed E-state index contributed by atoms with van der Waals surface area (Å²) in [6.07, 6.45) is 2.64. The van der Waals surface area contributed by atoms with Crippen LogP contribution >= 0.6 is 15.9 Å². The second-order valence-corrected chi connectivity index (χ2v) is 7.65. The first-order chi connectivity index (χ1) is 10.4. The van der Waals surface area contributed by atoms with Crippen LogP contribution in [0.5, 0.6) is 0 Å². The molecule has 2 N–H and O–H groups in total. The molecule has 0 radical (unpaired) electrons. The fourth-order valence-corrected chi connectivity index (χ4v) is 3.68. The fraction of sp³-hybridized carbons (Fsp3) is 0.462. The molecule has 0 atom stereocenters. The predicted molar refractivity (Wildman–Crippen MR) is 83.0 cm³/mol. The van der Waals surface area contributed by atoms with Crippen molar-refractivity contribution in [1.29, 1.82) is 5.26 Å². The van der Waals surface area contributed by atoms with E-state index < -0.39 is 21.7 Å². The lowest BCUT2D eigenvalue weighted by atomic mass is 9.98. The average molecular weight is 387 g/mol. The Balaban J connectivity index is 2.08. The van der Waals surface area contributed by atoms with Gasteiger partial charge in [0.15, 0.2) is 0 Å². The Morgan fingerprint density at radius 1 is 1.50 bits per heavy atom. The summed E-state index contributed by atoms with van der Waals surface area (Å²) < 4.78 is 26.9. The number of halogens is 1. The molecule has 0 unspecified atom stereocenters. The third kappa shape index (κ3) is 4.50. The molecule has 2 rings (SSSR count).